The van der Waals surface area contributed by atoms with E-state index in [0.29, 0.717) is 22.7 Å². The Labute approximate surface area is 167 Å². The van der Waals surface area contributed by atoms with E-state index < -0.39 is 18.5 Å². The molecule has 2 aromatic rings. The number of anilines is 2. The lowest BCUT2D eigenvalue weighted by Gasteiger charge is -2.27. The summed E-state index contributed by atoms with van der Waals surface area (Å²) in [5.41, 5.74) is 1.57. The molecule has 2 amide bonds. The van der Waals surface area contributed by atoms with Gasteiger partial charge in [-0.2, -0.15) is 5.26 Å². The third-order valence-electron chi connectivity index (χ3n) is 4.32. The summed E-state index contributed by atoms with van der Waals surface area (Å²) in [6, 6.07) is 14.8. The molecule has 1 heterocycles. The van der Waals surface area contributed by atoms with Crippen molar-refractivity contribution in [1.82, 2.24) is 0 Å². The highest BCUT2D eigenvalue weighted by molar-refractivity contribution is 6.05. The second kappa shape index (κ2) is 8.89. The molecule has 0 radical (unpaired) electrons. The van der Waals surface area contributed by atoms with Crippen LogP contribution in [0, 0.1) is 11.3 Å². The minimum absolute atomic E-state index is 0.135. The van der Waals surface area contributed by atoms with Gasteiger partial charge in [-0.3, -0.25) is 9.59 Å². The molecule has 3 rings (SSSR count). The monoisotopic (exact) mass is 393 g/mol. The van der Waals surface area contributed by atoms with Gasteiger partial charge >= 0.3 is 5.97 Å². The highest BCUT2D eigenvalue weighted by Crippen LogP contribution is 2.31. The second-order valence-electron chi connectivity index (χ2n) is 6.47. The van der Waals surface area contributed by atoms with E-state index in [9.17, 15) is 14.4 Å². The molecule has 1 aliphatic rings. The van der Waals surface area contributed by atoms with Crippen molar-refractivity contribution in [3.05, 3.63) is 54.1 Å². The summed E-state index contributed by atoms with van der Waals surface area (Å²) in [4.78, 5) is 38.1. The highest BCUT2D eigenvalue weighted by atomic mass is 16.6. The van der Waals surface area contributed by atoms with Crippen LogP contribution in [0.1, 0.15) is 18.9 Å². The summed E-state index contributed by atoms with van der Waals surface area (Å²) in [7, 11) is 0. The van der Waals surface area contributed by atoms with E-state index in [1.54, 1.807) is 55.5 Å². The van der Waals surface area contributed by atoms with Crippen molar-refractivity contribution in [2.24, 2.45) is 0 Å². The Kier molecular flexibility index (Phi) is 6.09. The van der Waals surface area contributed by atoms with E-state index in [1.165, 1.54) is 4.90 Å². The zero-order valence-corrected chi connectivity index (χ0v) is 15.8. The Balaban J connectivity index is 1.58. The zero-order valence-electron chi connectivity index (χ0n) is 15.8. The minimum Gasteiger partial charge on any atom is -0.482 e. The second-order valence-corrected chi connectivity index (χ2v) is 6.47. The molecule has 2 aromatic carbocycles. The lowest BCUT2D eigenvalue weighted by atomic mass is 10.1. The summed E-state index contributed by atoms with van der Waals surface area (Å²) in [6.07, 6.45) is 0.135. The Morgan fingerprint density at radius 2 is 1.90 bits per heavy atom. The van der Waals surface area contributed by atoms with E-state index in [1.807, 2.05) is 6.07 Å². The Morgan fingerprint density at radius 3 is 2.62 bits per heavy atom. The average molecular weight is 393 g/mol. The number of hydrogen-bond donors (Lipinski definition) is 1. The molecular weight excluding hydrogens is 374 g/mol. The maximum Gasteiger partial charge on any atom is 0.344 e. The first-order chi connectivity index (χ1) is 14.0. The van der Waals surface area contributed by atoms with Crippen LogP contribution in [0.4, 0.5) is 11.4 Å². The standard InChI is InChI=1S/C21H19N3O5/c1-14-10-19(25)23-17-4-2-3-5-18(17)24(14)20(26)12-29-21(27)13-28-16-8-6-15(11-22)7-9-16/h2-9,14H,10,12-13H2,1H3,(H,23,25)/t14-/m1/s1. The van der Waals surface area contributed by atoms with Crippen LogP contribution >= 0.6 is 0 Å². The smallest absolute Gasteiger partial charge is 0.344 e. The first-order valence-corrected chi connectivity index (χ1v) is 8.97. The number of ether oxygens (including phenoxy) is 2. The number of esters is 1. The molecule has 8 nitrogen and oxygen atoms in total. The van der Waals surface area contributed by atoms with Gasteiger partial charge in [0.2, 0.25) is 5.91 Å². The summed E-state index contributed by atoms with van der Waals surface area (Å²) in [5.74, 6) is -0.916. The Hall–Kier alpha value is -3.86. The fourth-order valence-electron chi connectivity index (χ4n) is 2.99. The number of rotatable bonds is 5. The number of fused-ring (bicyclic) bond motifs is 1. The van der Waals surface area contributed by atoms with Crippen LogP contribution in [0.25, 0.3) is 0 Å². The van der Waals surface area contributed by atoms with E-state index in [-0.39, 0.29) is 25.0 Å². The highest BCUT2D eigenvalue weighted by Gasteiger charge is 2.30. The fraction of sp³-hybridized carbons (Fsp3) is 0.238. The molecule has 1 N–H and O–H groups in total. The average Bonchev–Trinajstić information content (AvgIpc) is 2.85. The summed E-state index contributed by atoms with van der Waals surface area (Å²) < 4.78 is 10.3. The van der Waals surface area contributed by atoms with E-state index in [0.717, 1.165) is 0 Å². The van der Waals surface area contributed by atoms with Gasteiger partial charge in [0, 0.05) is 12.5 Å². The lowest BCUT2D eigenvalue weighted by molar-refractivity contribution is -0.149. The van der Waals surface area contributed by atoms with Gasteiger partial charge < -0.3 is 19.7 Å². The predicted octanol–water partition coefficient (Wildman–Crippen LogP) is 2.24. The third kappa shape index (κ3) is 4.90. The molecule has 0 saturated heterocycles. The Morgan fingerprint density at radius 1 is 1.17 bits per heavy atom. The van der Waals surface area contributed by atoms with Crippen LogP contribution in [0.15, 0.2) is 48.5 Å². The lowest BCUT2D eigenvalue weighted by Crippen LogP contribution is -2.41. The van der Waals surface area contributed by atoms with Gasteiger partial charge in [0.1, 0.15) is 5.75 Å². The van der Waals surface area contributed by atoms with Gasteiger partial charge in [0.25, 0.3) is 5.91 Å². The first-order valence-electron chi connectivity index (χ1n) is 8.97. The minimum atomic E-state index is -0.701. The molecule has 29 heavy (non-hydrogen) atoms. The van der Waals surface area contributed by atoms with E-state index in [2.05, 4.69) is 5.32 Å². The number of nitrogens with one attached hydrogen (secondary N) is 1. The van der Waals surface area contributed by atoms with Crippen LogP contribution in [-0.4, -0.2) is 37.0 Å². The quantitative estimate of drug-likeness (QED) is 0.781. The van der Waals surface area contributed by atoms with E-state index in [4.69, 9.17) is 14.7 Å². The SMILES string of the molecule is C[C@@H]1CC(=O)Nc2ccccc2N1C(=O)COC(=O)COc1ccc(C#N)cc1. The van der Waals surface area contributed by atoms with E-state index >= 15 is 0 Å². The third-order valence-corrected chi connectivity index (χ3v) is 4.32. The molecule has 1 atom stereocenters. The van der Waals surface area contributed by atoms with Gasteiger partial charge in [-0.05, 0) is 43.3 Å². The molecule has 1 aliphatic heterocycles. The molecule has 0 aliphatic carbocycles. The molecule has 0 fully saturated rings. The van der Waals surface area contributed by atoms with Crippen LogP contribution in [0.3, 0.4) is 0 Å². The Bertz CT molecular complexity index is 965. The topological polar surface area (TPSA) is 109 Å². The number of nitriles is 1. The number of para-hydroxylation sites is 2. The van der Waals surface area contributed by atoms with Gasteiger partial charge in [0.15, 0.2) is 13.2 Å². The van der Waals surface area contributed by atoms with Gasteiger partial charge in [0.05, 0.1) is 23.0 Å². The summed E-state index contributed by atoms with van der Waals surface area (Å²) in [5, 5.41) is 11.5. The molecular formula is C21H19N3O5. The van der Waals surface area contributed by atoms with Gasteiger partial charge in [-0.15, -0.1) is 0 Å². The van der Waals surface area contributed by atoms with Crippen molar-refractivity contribution in [3.63, 3.8) is 0 Å². The maximum atomic E-state index is 12.7. The summed E-state index contributed by atoms with van der Waals surface area (Å²) >= 11 is 0. The molecule has 0 saturated carbocycles. The van der Waals surface area contributed by atoms with Crippen LogP contribution in [0.2, 0.25) is 0 Å². The number of benzene rings is 2. The van der Waals surface area contributed by atoms with Crippen molar-refractivity contribution in [2.75, 3.05) is 23.4 Å². The molecule has 148 valence electrons. The van der Waals surface area contributed by atoms with Crippen LogP contribution < -0.4 is 15.0 Å². The molecule has 0 bridgehead atoms. The fourth-order valence-corrected chi connectivity index (χ4v) is 2.99. The maximum absolute atomic E-state index is 12.7. The molecule has 0 unspecified atom stereocenters. The van der Waals surface area contributed by atoms with Crippen molar-refractivity contribution in [3.8, 4) is 11.8 Å². The number of carbonyl (C=O) groups excluding carboxylic acids is 3. The molecule has 0 aromatic heterocycles. The van der Waals surface area contributed by atoms with Crippen molar-refractivity contribution < 1.29 is 23.9 Å². The van der Waals surface area contributed by atoms with Crippen molar-refractivity contribution in [2.45, 2.75) is 19.4 Å². The van der Waals surface area contributed by atoms with Gasteiger partial charge in [-0.25, -0.2) is 4.79 Å². The first kappa shape index (κ1) is 19.9. The predicted molar refractivity (Wildman–Crippen MR) is 104 cm³/mol. The number of hydrogen-bond acceptors (Lipinski definition) is 6. The van der Waals surface area contributed by atoms with Crippen molar-refractivity contribution >= 4 is 29.2 Å². The molecule has 8 heteroatoms. The van der Waals surface area contributed by atoms with Gasteiger partial charge in [-0.1, -0.05) is 12.1 Å². The largest absolute Gasteiger partial charge is 0.482 e. The normalized spacial score (nSPS) is 15.4. The number of nitrogens with zero attached hydrogens (tertiary/aromatic N) is 2. The van der Waals surface area contributed by atoms with Crippen LogP contribution in [-0.2, 0) is 19.1 Å². The number of carbonyl (C=O) groups is 3. The zero-order chi connectivity index (χ0) is 20.8. The summed E-state index contributed by atoms with van der Waals surface area (Å²) in [6.45, 7) is 0.920. The van der Waals surface area contributed by atoms with Crippen LogP contribution in [0.5, 0.6) is 5.75 Å². The van der Waals surface area contributed by atoms with Crippen molar-refractivity contribution in [1.29, 1.82) is 5.26 Å². The molecule has 0 spiro atoms. The number of amides is 2.